The lowest BCUT2D eigenvalue weighted by atomic mass is 10.1. The van der Waals surface area contributed by atoms with Gasteiger partial charge in [0.25, 0.3) is 15.7 Å². The average Bonchev–Trinajstić information content (AvgIpc) is 2.56. The van der Waals surface area contributed by atoms with Gasteiger partial charge >= 0.3 is 5.97 Å². The predicted octanol–water partition coefficient (Wildman–Crippen LogP) is 3.19. The number of rotatable bonds is 6. The zero-order valence-electron chi connectivity index (χ0n) is 14.5. The third kappa shape index (κ3) is 4.17. The number of aryl methyl sites for hydroxylation is 2. The smallest absolute Gasteiger partial charge is 0.338 e. The Bertz CT molecular complexity index is 969. The molecule has 0 amide bonds. The van der Waals surface area contributed by atoms with Crippen LogP contribution in [0.1, 0.15) is 28.4 Å². The Kier molecular flexibility index (Phi) is 5.61. The van der Waals surface area contributed by atoms with Crippen LogP contribution in [0, 0.1) is 24.0 Å². The van der Waals surface area contributed by atoms with Crippen molar-refractivity contribution >= 4 is 27.4 Å². The van der Waals surface area contributed by atoms with Crippen LogP contribution in [-0.4, -0.2) is 25.9 Å². The number of sulfonamides is 1. The summed E-state index contributed by atoms with van der Waals surface area (Å²) in [5.41, 5.74) is 1.05. The molecule has 0 bridgehead atoms. The molecule has 0 unspecified atom stereocenters. The van der Waals surface area contributed by atoms with E-state index in [1.165, 1.54) is 31.2 Å². The Hall–Kier alpha value is -2.94. The summed E-state index contributed by atoms with van der Waals surface area (Å²) in [7, 11) is -4.07. The highest BCUT2D eigenvalue weighted by Crippen LogP contribution is 2.25. The summed E-state index contributed by atoms with van der Waals surface area (Å²) in [5, 5.41) is 11.0. The first-order valence-electron chi connectivity index (χ1n) is 7.71. The normalized spacial score (nSPS) is 11.0. The van der Waals surface area contributed by atoms with Crippen LogP contribution in [-0.2, 0) is 14.8 Å². The van der Waals surface area contributed by atoms with Crippen LogP contribution in [0.15, 0.2) is 41.3 Å². The van der Waals surface area contributed by atoms with Crippen molar-refractivity contribution in [3.63, 3.8) is 0 Å². The maximum atomic E-state index is 12.6. The maximum Gasteiger partial charge on any atom is 0.338 e. The van der Waals surface area contributed by atoms with E-state index in [4.69, 9.17) is 4.74 Å². The first-order chi connectivity index (χ1) is 12.2. The molecule has 0 aromatic heterocycles. The summed E-state index contributed by atoms with van der Waals surface area (Å²) in [6, 6.07) is 8.14. The number of hydrogen-bond acceptors (Lipinski definition) is 6. The van der Waals surface area contributed by atoms with Crippen LogP contribution in [0.4, 0.5) is 11.4 Å². The second-order valence-electron chi connectivity index (χ2n) is 5.56. The highest BCUT2D eigenvalue weighted by Gasteiger charge is 2.21. The molecule has 0 spiro atoms. The zero-order valence-corrected chi connectivity index (χ0v) is 15.3. The lowest BCUT2D eigenvalue weighted by Crippen LogP contribution is -2.15. The Morgan fingerprint density at radius 1 is 1.15 bits per heavy atom. The average molecular weight is 378 g/mol. The molecule has 0 radical (unpaired) electrons. The van der Waals surface area contributed by atoms with E-state index >= 15 is 0 Å². The summed E-state index contributed by atoms with van der Waals surface area (Å²) < 4.78 is 32.5. The van der Waals surface area contributed by atoms with Crippen molar-refractivity contribution < 1.29 is 22.9 Å². The number of esters is 1. The van der Waals surface area contributed by atoms with E-state index in [9.17, 15) is 23.3 Å². The molecule has 0 aliphatic heterocycles. The Labute approximate surface area is 151 Å². The number of nitrogens with one attached hydrogen (secondary N) is 1. The van der Waals surface area contributed by atoms with Gasteiger partial charge in [-0.2, -0.15) is 0 Å². The van der Waals surface area contributed by atoms with Crippen LogP contribution >= 0.6 is 0 Å². The van der Waals surface area contributed by atoms with E-state index in [0.717, 1.165) is 6.07 Å². The van der Waals surface area contributed by atoms with E-state index in [-0.39, 0.29) is 28.4 Å². The minimum absolute atomic E-state index is 0.193. The van der Waals surface area contributed by atoms with Crippen molar-refractivity contribution in [2.45, 2.75) is 25.7 Å². The van der Waals surface area contributed by atoms with Crippen molar-refractivity contribution in [2.24, 2.45) is 0 Å². The summed E-state index contributed by atoms with van der Waals surface area (Å²) in [6.45, 7) is 5.06. The van der Waals surface area contributed by atoms with Gasteiger partial charge in [-0.1, -0.05) is 12.1 Å². The fourth-order valence-corrected chi connectivity index (χ4v) is 3.37. The van der Waals surface area contributed by atoms with Gasteiger partial charge in [0.1, 0.15) is 0 Å². The number of nitro groups is 1. The first-order valence-corrected chi connectivity index (χ1v) is 9.19. The molecule has 0 heterocycles. The van der Waals surface area contributed by atoms with Gasteiger partial charge in [-0.3, -0.25) is 14.8 Å². The van der Waals surface area contributed by atoms with Crippen molar-refractivity contribution in [3.8, 4) is 0 Å². The quantitative estimate of drug-likeness (QED) is 0.469. The molecule has 2 aromatic carbocycles. The van der Waals surface area contributed by atoms with Gasteiger partial charge in [0, 0.05) is 11.6 Å². The lowest BCUT2D eigenvalue weighted by molar-refractivity contribution is -0.385. The van der Waals surface area contributed by atoms with Crippen molar-refractivity contribution in [1.82, 2.24) is 0 Å². The molecule has 0 fully saturated rings. The third-order valence-electron chi connectivity index (χ3n) is 3.68. The van der Waals surface area contributed by atoms with E-state index in [1.807, 2.05) is 0 Å². The highest BCUT2D eigenvalue weighted by molar-refractivity contribution is 7.92. The Morgan fingerprint density at radius 2 is 1.81 bits per heavy atom. The second kappa shape index (κ2) is 7.52. The number of carbonyl (C=O) groups excluding carboxylic acids is 1. The van der Waals surface area contributed by atoms with Crippen molar-refractivity contribution in [1.29, 1.82) is 0 Å². The van der Waals surface area contributed by atoms with Gasteiger partial charge in [-0.15, -0.1) is 0 Å². The number of benzene rings is 2. The fourth-order valence-electron chi connectivity index (χ4n) is 2.23. The van der Waals surface area contributed by atoms with Crippen LogP contribution < -0.4 is 4.72 Å². The molecule has 8 nitrogen and oxygen atoms in total. The standard InChI is InChI=1S/C17H18N2O6S/c1-4-25-17(20)13-7-5-11(2)15(9-13)18-26(23,24)14-8-6-12(3)16(10-14)19(21)22/h5-10,18H,4H2,1-3H3. The number of hydrogen-bond donors (Lipinski definition) is 1. The van der Waals surface area contributed by atoms with Gasteiger partial charge in [0.15, 0.2) is 0 Å². The van der Waals surface area contributed by atoms with Gasteiger partial charge in [0.05, 0.1) is 27.7 Å². The minimum atomic E-state index is -4.07. The lowest BCUT2D eigenvalue weighted by Gasteiger charge is -2.12. The molecule has 0 aliphatic carbocycles. The minimum Gasteiger partial charge on any atom is -0.462 e. The van der Waals surface area contributed by atoms with Gasteiger partial charge < -0.3 is 4.74 Å². The highest BCUT2D eigenvalue weighted by atomic mass is 32.2. The Balaban J connectivity index is 2.41. The zero-order chi connectivity index (χ0) is 19.5. The topological polar surface area (TPSA) is 116 Å². The summed E-state index contributed by atoms with van der Waals surface area (Å²) in [4.78, 5) is 22.0. The fraction of sp³-hybridized carbons (Fsp3) is 0.235. The van der Waals surface area contributed by atoms with Gasteiger partial charge in [-0.25, -0.2) is 13.2 Å². The monoisotopic (exact) mass is 378 g/mol. The largest absolute Gasteiger partial charge is 0.462 e. The number of anilines is 1. The summed E-state index contributed by atoms with van der Waals surface area (Å²) >= 11 is 0. The van der Waals surface area contributed by atoms with E-state index in [0.29, 0.717) is 11.1 Å². The molecule has 0 saturated heterocycles. The molecule has 0 atom stereocenters. The first kappa shape index (κ1) is 19.4. The molecule has 9 heteroatoms. The van der Waals surface area contributed by atoms with E-state index in [1.54, 1.807) is 19.9 Å². The second-order valence-corrected chi connectivity index (χ2v) is 7.24. The van der Waals surface area contributed by atoms with Gasteiger partial charge in [-0.05, 0) is 44.5 Å². The third-order valence-corrected chi connectivity index (χ3v) is 5.04. The molecule has 0 saturated carbocycles. The van der Waals surface area contributed by atoms with Gasteiger partial charge in [0.2, 0.25) is 0 Å². The Morgan fingerprint density at radius 3 is 2.42 bits per heavy atom. The molecular formula is C17H18N2O6S. The molecule has 2 rings (SSSR count). The SMILES string of the molecule is CCOC(=O)c1ccc(C)c(NS(=O)(=O)c2ccc(C)c([N+](=O)[O-])c2)c1. The molecule has 1 N–H and O–H groups in total. The number of ether oxygens (including phenoxy) is 1. The summed E-state index contributed by atoms with van der Waals surface area (Å²) in [5.74, 6) is -0.570. The molecular weight excluding hydrogens is 360 g/mol. The van der Waals surface area contributed by atoms with Crippen molar-refractivity contribution in [2.75, 3.05) is 11.3 Å². The predicted molar refractivity (Wildman–Crippen MR) is 95.8 cm³/mol. The van der Waals surface area contributed by atoms with Crippen LogP contribution in [0.3, 0.4) is 0 Å². The van der Waals surface area contributed by atoms with Crippen LogP contribution in [0.25, 0.3) is 0 Å². The molecule has 2 aromatic rings. The van der Waals surface area contributed by atoms with Crippen molar-refractivity contribution in [3.05, 3.63) is 63.2 Å². The maximum absolute atomic E-state index is 12.6. The van der Waals surface area contributed by atoms with E-state index < -0.39 is 20.9 Å². The van der Waals surface area contributed by atoms with Crippen LogP contribution in [0.5, 0.6) is 0 Å². The molecule has 26 heavy (non-hydrogen) atoms. The molecule has 138 valence electrons. The molecule has 0 aliphatic rings. The van der Waals surface area contributed by atoms with E-state index in [2.05, 4.69) is 4.72 Å². The van der Waals surface area contributed by atoms with Crippen LogP contribution in [0.2, 0.25) is 0 Å². The number of nitro benzene ring substituents is 1. The number of carbonyl (C=O) groups is 1. The summed E-state index contributed by atoms with van der Waals surface area (Å²) in [6.07, 6.45) is 0. The number of nitrogens with zero attached hydrogens (tertiary/aromatic N) is 1.